The molecule has 2 saturated heterocycles. The summed E-state index contributed by atoms with van der Waals surface area (Å²) in [7, 11) is 3.29. The Kier molecular flexibility index (Phi) is 29.3. The van der Waals surface area contributed by atoms with Gasteiger partial charge in [-0.2, -0.15) is 0 Å². The van der Waals surface area contributed by atoms with Gasteiger partial charge < -0.3 is 72.3 Å². The average molecular weight is 1090 g/mol. The number of primary amides is 2. The molecule has 0 aromatic carbocycles. The van der Waals surface area contributed by atoms with Crippen molar-refractivity contribution in [1.29, 1.82) is 0 Å². The van der Waals surface area contributed by atoms with E-state index in [9.17, 15) is 67.1 Å². The number of hydrogen-bond donors (Lipinski definition) is 8. The van der Waals surface area contributed by atoms with Crippen molar-refractivity contribution in [1.82, 2.24) is 51.8 Å². The lowest BCUT2D eigenvalue weighted by Gasteiger charge is -2.23. The number of unbranched alkanes of at least 4 members (excludes halogenated alkanes) is 2. The van der Waals surface area contributed by atoms with E-state index in [0.29, 0.717) is 56.5 Å². The summed E-state index contributed by atoms with van der Waals surface area (Å²) in [6, 6.07) is -0.890. The van der Waals surface area contributed by atoms with E-state index in [1.165, 1.54) is 0 Å². The van der Waals surface area contributed by atoms with Crippen LogP contribution in [0.4, 0.5) is 9.59 Å². The Hall–Kier alpha value is -7.50. The van der Waals surface area contributed by atoms with Crippen LogP contribution in [0.1, 0.15) is 119 Å². The number of nitrogens with zero attached hydrogens (tertiary/aromatic N) is 4. The smallest absolute Gasteiger partial charge is 0.407 e. The third kappa shape index (κ3) is 28.2. The van der Waals surface area contributed by atoms with Crippen molar-refractivity contribution in [3.8, 4) is 0 Å². The number of nitrogens with two attached hydrogens (primary N) is 2. The minimum absolute atomic E-state index is 0.0352. The van der Waals surface area contributed by atoms with E-state index < -0.39 is 120 Å². The molecule has 2 aliphatic rings. The summed E-state index contributed by atoms with van der Waals surface area (Å²) in [6.07, 6.45) is 0.939. The molecule has 10 N–H and O–H groups in total. The maximum Gasteiger partial charge on any atom is 0.407 e. The molecule has 2 heterocycles. The number of amides is 12. The second kappa shape index (κ2) is 33.4. The van der Waals surface area contributed by atoms with Gasteiger partial charge in [-0.1, -0.05) is 0 Å². The molecule has 428 valence electrons. The number of hydroxylamine groups is 4. The molecule has 0 aliphatic carbocycles. The maximum atomic E-state index is 12.8. The first-order valence-electron chi connectivity index (χ1n) is 24.6. The summed E-state index contributed by atoms with van der Waals surface area (Å²) in [5, 5.41) is 16.4. The summed E-state index contributed by atoms with van der Waals surface area (Å²) in [5.74, 6) is -8.49. The third-order valence-electron chi connectivity index (χ3n) is 10.3. The van der Waals surface area contributed by atoms with Crippen LogP contribution < -0.4 is 43.4 Å². The average Bonchev–Trinajstić information content (AvgIpc) is 3.79. The number of likely N-dealkylation sites (N-methyl/N-ethyl adjacent to an activating group) is 2. The molecule has 0 aromatic heterocycles. The maximum absolute atomic E-state index is 12.8. The molecule has 2 aliphatic heterocycles. The minimum Gasteiger partial charge on any atom is -0.444 e. The van der Waals surface area contributed by atoms with Crippen LogP contribution in [-0.4, -0.2) is 193 Å². The molecule has 30 heteroatoms. The first-order valence-corrected chi connectivity index (χ1v) is 24.6. The molecule has 2 fully saturated rings. The number of alkyl carbamates (subject to hydrolysis) is 2. The predicted octanol–water partition coefficient (Wildman–Crippen LogP) is -2.61. The first-order chi connectivity index (χ1) is 35.5. The lowest BCUT2D eigenvalue weighted by atomic mass is 10.1. The lowest BCUT2D eigenvalue weighted by molar-refractivity contribution is -0.201. The largest absolute Gasteiger partial charge is 0.444 e. The van der Waals surface area contributed by atoms with Crippen LogP contribution in [0.15, 0.2) is 0 Å². The molecule has 0 radical (unpaired) electrons. The van der Waals surface area contributed by atoms with E-state index in [1.807, 2.05) is 0 Å². The highest BCUT2D eigenvalue weighted by Gasteiger charge is 2.36. The van der Waals surface area contributed by atoms with E-state index in [0.717, 1.165) is 4.90 Å². The molecule has 12 amide bonds. The van der Waals surface area contributed by atoms with Gasteiger partial charge in [-0.05, 0) is 94.2 Å². The van der Waals surface area contributed by atoms with Gasteiger partial charge in [-0.25, -0.2) is 19.2 Å². The van der Waals surface area contributed by atoms with Crippen molar-refractivity contribution in [3.63, 3.8) is 0 Å². The molecule has 0 bridgehead atoms. The zero-order valence-corrected chi connectivity index (χ0v) is 44.6. The van der Waals surface area contributed by atoms with Crippen molar-refractivity contribution < 1.29 is 86.3 Å². The fourth-order valence-electron chi connectivity index (χ4n) is 6.56. The number of ether oxygens (including phenoxy) is 2. The van der Waals surface area contributed by atoms with Crippen molar-refractivity contribution in [2.45, 2.75) is 142 Å². The number of hydrogen-bond acceptors (Lipinski definition) is 20. The molecule has 0 saturated carbocycles. The summed E-state index contributed by atoms with van der Waals surface area (Å²) >= 11 is 0. The van der Waals surface area contributed by atoms with Crippen LogP contribution in [0.3, 0.4) is 0 Å². The van der Waals surface area contributed by atoms with Gasteiger partial charge in [-0.15, -0.1) is 10.1 Å². The quantitative estimate of drug-likeness (QED) is 0.0270. The Morgan fingerprint density at radius 1 is 0.500 bits per heavy atom. The topological polar surface area (TPSA) is 413 Å². The van der Waals surface area contributed by atoms with E-state index in [2.05, 4.69) is 31.9 Å². The molecular formula is C46H76N12O18. The van der Waals surface area contributed by atoms with E-state index in [1.54, 1.807) is 55.6 Å². The number of imide groups is 2. The van der Waals surface area contributed by atoms with Crippen molar-refractivity contribution >= 4 is 83.2 Å². The highest BCUT2D eigenvalue weighted by Crippen LogP contribution is 2.15. The Bertz CT molecular complexity index is 1960. The SMILES string of the molecule is CC(C)(C)OC(=O)NCCC(=O)N(CC(=O)ON1C(=O)CCC1=O)CC(=O)ON1C(=O)CCC1=O.CNC(CCCCNC(=O)CN(CC(=O)NCCCCC(NC)C(N)=O)C(=O)CCNC(=O)OC(C)(C)C)C(N)=O. The van der Waals surface area contributed by atoms with Crippen molar-refractivity contribution in [3.05, 3.63) is 0 Å². The normalized spacial score (nSPS) is 14.1. The van der Waals surface area contributed by atoms with Gasteiger partial charge in [0.25, 0.3) is 23.6 Å². The van der Waals surface area contributed by atoms with Gasteiger partial charge in [0.15, 0.2) is 0 Å². The monoisotopic (exact) mass is 1080 g/mol. The second-order valence-electron chi connectivity index (χ2n) is 19.1. The van der Waals surface area contributed by atoms with Crippen LogP contribution >= 0.6 is 0 Å². The second-order valence-corrected chi connectivity index (χ2v) is 19.1. The molecule has 0 aromatic rings. The highest BCUT2D eigenvalue weighted by molar-refractivity contribution is 6.02. The Balaban J connectivity index is 0.000000768. The van der Waals surface area contributed by atoms with Crippen LogP contribution in [-0.2, 0) is 76.7 Å². The lowest BCUT2D eigenvalue weighted by Crippen LogP contribution is -2.47. The molecule has 76 heavy (non-hydrogen) atoms. The molecule has 2 unspecified atom stereocenters. The fourth-order valence-corrected chi connectivity index (χ4v) is 6.56. The van der Waals surface area contributed by atoms with Crippen molar-refractivity contribution in [2.24, 2.45) is 11.5 Å². The van der Waals surface area contributed by atoms with Crippen molar-refractivity contribution in [2.75, 3.05) is 66.5 Å². The molecule has 2 atom stereocenters. The predicted molar refractivity (Wildman–Crippen MR) is 263 cm³/mol. The first kappa shape index (κ1) is 66.5. The van der Waals surface area contributed by atoms with Gasteiger partial charge in [0.05, 0.1) is 12.1 Å². The molecular weight excluding hydrogens is 1010 g/mol. The minimum atomic E-state index is -1.21. The molecule has 0 spiro atoms. The Labute approximate surface area is 440 Å². The van der Waals surface area contributed by atoms with Crippen LogP contribution in [0.25, 0.3) is 0 Å². The number of rotatable bonds is 30. The Morgan fingerprint density at radius 3 is 1.11 bits per heavy atom. The molecule has 30 nitrogen and oxygen atoms in total. The van der Waals surface area contributed by atoms with Crippen LogP contribution in [0.5, 0.6) is 0 Å². The Morgan fingerprint density at radius 2 is 0.816 bits per heavy atom. The van der Waals surface area contributed by atoms with E-state index in [4.69, 9.17) is 30.6 Å². The highest BCUT2D eigenvalue weighted by atomic mass is 16.7. The van der Waals surface area contributed by atoms with Gasteiger partial charge in [0.2, 0.25) is 35.4 Å². The number of nitrogens with one attached hydrogen (secondary N) is 6. The summed E-state index contributed by atoms with van der Waals surface area (Å²) in [5.41, 5.74) is 9.12. The fraction of sp³-hybridized carbons (Fsp3) is 0.696. The molecule has 2 rings (SSSR count). The van der Waals surface area contributed by atoms with Gasteiger partial charge in [-0.3, -0.25) is 47.9 Å². The standard InChI is InChI=1S/C26H50N8O7.C20H26N4O11/c1-26(2,3)41-25(40)33-15-12-22(37)34(16-20(35)31-13-8-6-10-18(29-4)23(27)38)17-21(36)32-14-9-7-11-19(30-5)24(28)39;1-20(2,3)33-19(32)21-9-8-12(25)22(10-17(30)34-23-13(26)4-5-14(23)27)11-18(31)35-24-15(28)6-7-16(24)29/h18-19,29-30H,6-17H2,1-5H3,(H2,27,38)(H2,28,39)(H,31,35)(H,32,36)(H,33,40);4-11H2,1-3H3,(H,21,32). The van der Waals surface area contributed by atoms with Gasteiger partial charge >= 0.3 is 24.1 Å². The van der Waals surface area contributed by atoms with Gasteiger partial charge in [0.1, 0.15) is 37.4 Å². The summed E-state index contributed by atoms with van der Waals surface area (Å²) in [4.78, 5) is 179. The summed E-state index contributed by atoms with van der Waals surface area (Å²) in [6.45, 7) is 8.00. The van der Waals surface area contributed by atoms with E-state index in [-0.39, 0.29) is 74.8 Å². The zero-order valence-electron chi connectivity index (χ0n) is 44.6. The number of carbonyl (C=O) groups is 14. The van der Waals surface area contributed by atoms with Crippen LogP contribution in [0, 0.1) is 0 Å². The third-order valence-corrected chi connectivity index (χ3v) is 10.3. The van der Waals surface area contributed by atoms with E-state index >= 15 is 0 Å². The zero-order chi connectivity index (χ0) is 57.8. The summed E-state index contributed by atoms with van der Waals surface area (Å²) < 4.78 is 10.2. The van der Waals surface area contributed by atoms with Crippen LogP contribution in [0.2, 0.25) is 0 Å². The number of carbonyl (C=O) groups excluding carboxylic acids is 14. The van der Waals surface area contributed by atoms with Gasteiger partial charge in [0, 0.05) is 64.7 Å².